The van der Waals surface area contributed by atoms with Crippen molar-refractivity contribution >= 4 is 40.0 Å². The average Bonchev–Trinajstić information content (AvgIpc) is 2.89. The lowest BCUT2D eigenvalue weighted by atomic mass is 10.2. The van der Waals surface area contributed by atoms with Gasteiger partial charge in [0.1, 0.15) is 5.69 Å². The molecule has 0 saturated carbocycles. The van der Waals surface area contributed by atoms with Gasteiger partial charge in [0.05, 0.1) is 11.5 Å². The summed E-state index contributed by atoms with van der Waals surface area (Å²) < 4.78 is 0.474. The predicted molar refractivity (Wildman–Crippen MR) is 86.2 cm³/mol. The van der Waals surface area contributed by atoms with E-state index in [9.17, 15) is 10.1 Å². The smallest absolute Gasteiger partial charge is 0.294 e. The van der Waals surface area contributed by atoms with Gasteiger partial charge in [0.25, 0.3) is 5.69 Å². The Kier molecular flexibility index (Phi) is 5.13. The van der Waals surface area contributed by atoms with E-state index in [4.69, 9.17) is 11.6 Å². The molecule has 1 aromatic carbocycles. The van der Waals surface area contributed by atoms with Crippen molar-refractivity contribution in [1.29, 1.82) is 0 Å². The van der Waals surface area contributed by atoms with E-state index in [1.807, 2.05) is 0 Å². The minimum atomic E-state index is -0.417. The first-order valence-electron chi connectivity index (χ1n) is 6.07. The normalized spacial score (nSPS) is 10.1. The third kappa shape index (κ3) is 4.17. The fourth-order valence-electron chi connectivity index (χ4n) is 1.68. The Morgan fingerprint density at radius 1 is 1.48 bits per heavy atom. The van der Waals surface area contributed by atoms with Crippen molar-refractivity contribution in [3.05, 3.63) is 56.5 Å². The van der Waals surface area contributed by atoms with Crippen LogP contribution in [0.25, 0.3) is 0 Å². The summed E-state index contributed by atoms with van der Waals surface area (Å²) in [6, 6.07) is 4.94. The zero-order valence-corrected chi connectivity index (χ0v) is 12.6. The number of thiazole rings is 1. The van der Waals surface area contributed by atoms with Crippen LogP contribution in [0, 0.1) is 10.1 Å². The number of benzene rings is 1. The topological polar surface area (TPSA) is 80.1 Å². The summed E-state index contributed by atoms with van der Waals surface area (Å²) in [5, 5.41) is 17.1. The van der Waals surface area contributed by atoms with Crippen LogP contribution in [0.2, 0.25) is 4.47 Å². The highest BCUT2D eigenvalue weighted by atomic mass is 35.5. The molecule has 0 saturated heterocycles. The number of rotatable bonds is 7. The zero-order valence-electron chi connectivity index (χ0n) is 11.0. The van der Waals surface area contributed by atoms with Gasteiger partial charge >= 0.3 is 0 Å². The molecule has 1 heterocycles. The Morgan fingerprint density at radius 3 is 2.90 bits per heavy atom. The molecule has 0 bridgehead atoms. The van der Waals surface area contributed by atoms with E-state index in [-0.39, 0.29) is 5.69 Å². The van der Waals surface area contributed by atoms with Gasteiger partial charge in [0, 0.05) is 29.4 Å². The van der Waals surface area contributed by atoms with Crippen LogP contribution in [-0.4, -0.2) is 16.5 Å². The molecular formula is C13H13ClN4O2S. The van der Waals surface area contributed by atoms with Gasteiger partial charge in [0.2, 0.25) is 0 Å². The second kappa shape index (κ2) is 7.05. The summed E-state index contributed by atoms with van der Waals surface area (Å²) in [6.07, 6.45) is 3.32. The highest BCUT2D eigenvalue weighted by Crippen LogP contribution is 2.28. The van der Waals surface area contributed by atoms with Gasteiger partial charge in [-0.1, -0.05) is 17.7 Å². The standard InChI is InChI=1S/C13H13ClN4O2S/c1-2-5-15-11-4-3-9(6-12(11)18(19)20)16-7-10-8-17-13(14)21-10/h2-4,6,8,15-16H,1,5,7H2. The minimum Gasteiger partial charge on any atom is -0.380 e. The molecular weight excluding hydrogens is 312 g/mol. The number of nitrogens with one attached hydrogen (secondary N) is 2. The molecule has 2 N–H and O–H groups in total. The van der Waals surface area contributed by atoms with E-state index < -0.39 is 4.92 Å². The molecule has 0 atom stereocenters. The molecule has 2 rings (SSSR count). The van der Waals surface area contributed by atoms with E-state index in [1.54, 1.807) is 24.4 Å². The predicted octanol–water partition coefficient (Wildman–Crippen LogP) is 3.91. The molecule has 2 aromatic rings. The van der Waals surface area contributed by atoms with Crippen LogP contribution >= 0.6 is 22.9 Å². The van der Waals surface area contributed by atoms with Gasteiger partial charge in [-0.15, -0.1) is 17.9 Å². The molecule has 0 aliphatic heterocycles. The molecule has 0 unspecified atom stereocenters. The second-order valence-electron chi connectivity index (χ2n) is 4.09. The van der Waals surface area contributed by atoms with Gasteiger partial charge in [-0.2, -0.15) is 0 Å². The summed E-state index contributed by atoms with van der Waals surface area (Å²) in [6.45, 7) is 4.55. The van der Waals surface area contributed by atoms with Gasteiger partial charge in [0.15, 0.2) is 4.47 Å². The largest absolute Gasteiger partial charge is 0.380 e. The van der Waals surface area contributed by atoms with E-state index in [0.29, 0.717) is 28.9 Å². The molecule has 0 aliphatic carbocycles. The van der Waals surface area contributed by atoms with Crippen molar-refractivity contribution in [1.82, 2.24) is 4.98 Å². The summed E-state index contributed by atoms with van der Waals surface area (Å²) in [7, 11) is 0. The van der Waals surface area contributed by atoms with Crippen molar-refractivity contribution in [2.24, 2.45) is 0 Å². The lowest BCUT2D eigenvalue weighted by Crippen LogP contribution is -2.03. The fraction of sp³-hybridized carbons (Fsp3) is 0.154. The molecule has 21 heavy (non-hydrogen) atoms. The third-order valence-corrected chi connectivity index (χ3v) is 3.74. The number of hydrogen-bond acceptors (Lipinski definition) is 6. The summed E-state index contributed by atoms with van der Waals surface area (Å²) in [4.78, 5) is 15.6. The quantitative estimate of drug-likeness (QED) is 0.458. The van der Waals surface area contributed by atoms with Gasteiger partial charge in [-0.05, 0) is 12.1 Å². The third-order valence-electron chi connectivity index (χ3n) is 2.62. The number of aromatic nitrogens is 1. The Balaban J connectivity index is 2.11. The van der Waals surface area contributed by atoms with Crippen LogP contribution in [0.4, 0.5) is 17.1 Å². The van der Waals surface area contributed by atoms with E-state index in [2.05, 4.69) is 22.2 Å². The molecule has 0 fully saturated rings. The van der Waals surface area contributed by atoms with Crippen LogP contribution in [0.15, 0.2) is 37.1 Å². The van der Waals surface area contributed by atoms with E-state index in [0.717, 1.165) is 4.88 Å². The Hall–Kier alpha value is -2.12. The molecule has 110 valence electrons. The minimum absolute atomic E-state index is 0.0178. The maximum Gasteiger partial charge on any atom is 0.294 e. The highest BCUT2D eigenvalue weighted by molar-refractivity contribution is 7.15. The Labute approximate surface area is 130 Å². The zero-order chi connectivity index (χ0) is 15.2. The van der Waals surface area contributed by atoms with E-state index in [1.165, 1.54) is 17.4 Å². The Morgan fingerprint density at radius 2 is 2.29 bits per heavy atom. The maximum atomic E-state index is 11.1. The molecule has 0 radical (unpaired) electrons. The van der Waals surface area contributed by atoms with Crippen molar-refractivity contribution in [3.8, 4) is 0 Å². The molecule has 0 amide bonds. The summed E-state index contributed by atoms with van der Waals surface area (Å²) >= 11 is 7.12. The maximum absolute atomic E-state index is 11.1. The summed E-state index contributed by atoms with van der Waals surface area (Å²) in [5.41, 5.74) is 1.14. The number of hydrogen-bond donors (Lipinski definition) is 2. The number of nitro benzene ring substituents is 1. The van der Waals surface area contributed by atoms with Crippen molar-refractivity contribution in [3.63, 3.8) is 0 Å². The first kappa shape index (κ1) is 15.3. The number of nitrogens with zero attached hydrogens (tertiary/aromatic N) is 2. The number of nitro groups is 1. The van der Waals surface area contributed by atoms with Crippen LogP contribution in [0.1, 0.15) is 4.88 Å². The van der Waals surface area contributed by atoms with Gasteiger partial charge < -0.3 is 10.6 Å². The number of anilines is 2. The average molecular weight is 325 g/mol. The molecule has 0 spiro atoms. The van der Waals surface area contributed by atoms with Crippen LogP contribution in [-0.2, 0) is 6.54 Å². The lowest BCUT2D eigenvalue weighted by molar-refractivity contribution is -0.383. The second-order valence-corrected chi connectivity index (χ2v) is 5.79. The van der Waals surface area contributed by atoms with Crippen molar-refractivity contribution < 1.29 is 4.92 Å². The highest BCUT2D eigenvalue weighted by Gasteiger charge is 2.14. The van der Waals surface area contributed by atoms with Crippen LogP contribution in [0.3, 0.4) is 0 Å². The molecule has 0 aliphatic rings. The van der Waals surface area contributed by atoms with Crippen molar-refractivity contribution in [2.45, 2.75) is 6.54 Å². The Bertz CT molecular complexity index is 659. The fourth-order valence-corrected chi connectivity index (χ4v) is 2.60. The van der Waals surface area contributed by atoms with E-state index >= 15 is 0 Å². The van der Waals surface area contributed by atoms with Gasteiger partial charge in [-0.3, -0.25) is 10.1 Å². The molecule has 1 aromatic heterocycles. The first-order chi connectivity index (χ1) is 10.1. The summed E-state index contributed by atoms with van der Waals surface area (Å²) in [5.74, 6) is 0. The monoisotopic (exact) mass is 324 g/mol. The first-order valence-corrected chi connectivity index (χ1v) is 7.27. The lowest BCUT2D eigenvalue weighted by Gasteiger charge is -2.08. The SMILES string of the molecule is C=CCNc1ccc(NCc2cnc(Cl)s2)cc1[N+](=O)[O-]. The number of halogens is 1. The van der Waals surface area contributed by atoms with Crippen molar-refractivity contribution in [2.75, 3.05) is 17.2 Å². The van der Waals surface area contributed by atoms with Crippen LogP contribution in [0.5, 0.6) is 0 Å². The van der Waals surface area contributed by atoms with Gasteiger partial charge in [-0.25, -0.2) is 4.98 Å². The molecule has 6 nitrogen and oxygen atoms in total. The van der Waals surface area contributed by atoms with Crippen LogP contribution < -0.4 is 10.6 Å². The molecule has 8 heteroatoms.